The standard InChI is InChI=1S/C25H26N8O6S2/c1-39-30-19(14-7-18(27)40-11-14)22(35)28-20-23(36)33-21(25(37)38)15(12-41-24(20)33)10-31-4-2-3-13(9-31)16-8-17(26)32(29-16)5-6-34/h2-4,7-9,11,20,24,34H,5-6,10,12,27H2,1H3,(H3-,26,28,29,35,37,38)/p+1/b30-19+. The number of carbonyl (C=O) groups excluding carboxylic acids is 2. The highest BCUT2D eigenvalue weighted by molar-refractivity contribution is 8.00. The van der Waals surface area contributed by atoms with E-state index in [-0.39, 0.29) is 31.1 Å². The second kappa shape index (κ2) is 11.6. The van der Waals surface area contributed by atoms with E-state index >= 15 is 0 Å². The first-order chi connectivity index (χ1) is 19.7. The molecule has 1 fully saturated rings. The summed E-state index contributed by atoms with van der Waals surface area (Å²) in [4.78, 5) is 44.5. The van der Waals surface area contributed by atoms with E-state index in [1.807, 2.05) is 12.3 Å². The Morgan fingerprint density at radius 3 is 2.83 bits per heavy atom. The first kappa shape index (κ1) is 28.1. The number of fused-ring (bicyclic) bond motifs is 1. The number of anilines is 2. The van der Waals surface area contributed by atoms with Crippen molar-refractivity contribution in [3.8, 4) is 11.3 Å². The zero-order valence-corrected chi connectivity index (χ0v) is 23.4. The number of aromatic nitrogens is 3. The molecule has 0 aromatic carbocycles. The Morgan fingerprint density at radius 2 is 2.15 bits per heavy atom. The Hall–Kier alpha value is -4.41. The molecule has 0 radical (unpaired) electrons. The summed E-state index contributed by atoms with van der Waals surface area (Å²) >= 11 is 2.59. The molecule has 5 rings (SSSR count). The van der Waals surface area contributed by atoms with Crippen LogP contribution in [0.15, 0.2) is 58.5 Å². The van der Waals surface area contributed by atoms with Gasteiger partial charge in [-0.15, -0.1) is 23.1 Å². The number of hydrogen-bond acceptors (Lipinski definition) is 11. The van der Waals surface area contributed by atoms with Crippen LogP contribution in [0.2, 0.25) is 0 Å². The Bertz CT molecular complexity index is 1580. The molecule has 0 aliphatic carbocycles. The number of nitrogens with zero attached hydrogens (tertiary/aromatic N) is 5. The van der Waals surface area contributed by atoms with E-state index in [0.717, 1.165) is 5.56 Å². The van der Waals surface area contributed by atoms with Crippen molar-refractivity contribution in [1.82, 2.24) is 20.0 Å². The molecular formula is C25H27N8O6S2+. The molecule has 0 bridgehead atoms. The van der Waals surface area contributed by atoms with Gasteiger partial charge in [-0.3, -0.25) is 14.5 Å². The lowest BCUT2D eigenvalue weighted by Gasteiger charge is -2.49. The maximum absolute atomic E-state index is 13.2. The number of nitrogens with two attached hydrogens (primary N) is 2. The summed E-state index contributed by atoms with van der Waals surface area (Å²) in [5.41, 5.74) is 14.0. The lowest BCUT2D eigenvalue weighted by molar-refractivity contribution is -0.688. The summed E-state index contributed by atoms with van der Waals surface area (Å²) in [5, 5.41) is 31.7. The zero-order valence-electron chi connectivity index (χ0n) is 21.8. The maximum atomic E-state index is 13.2. The molecule has 2 aliphatic rings. The number of carboxylic acids is 1. The van der Waals surface area contributed by atoms with Gasteiger partial charge in [0, 0.05) is 34.4 Å². The summed E-state index contributed by atoms with van der Waals surface area (Å²) < 4.78 is 3.31. The minimum absolute atomic E-state index is 0.0403. The van der Waals surface area contributed by atoms with E-state index in [1.54, 1.807) is 34.3 Å². The summed E-state index contributed by atoms with van der Waals surface area (Å²) in [5.74, 6) is -1.66. The van der Waals surface area contributed by atoms with Gasteiger partial charge in [0.25, 0.3) is 11.8 Å². The fraction of sp³-hybridized carbons (Fsp3) is 0.280. The number of oxime groups is 1. The van der Waals surface area contributed by atoms with Crippen LogP contribution in [0.25, 0.3) is 11.3 Å². The third-order valence-corrected chi connectivity index (χ3v) is 8.58. The third-order valence-electron chi connectivity index (χ3n) is 6.48. The molecule has 14 nitrogen and oxygen atoms in total. The number of rotatable bonds is 10. The number of thioether (sulfide) groups is 1. The average Bonchev–Trinajstić information content (AvgIpc) is 3.55. The number of β-lactam (4-membered cyclic amide) rings is 1. The van der Waals surface area contributed by atoms with Gasteiger partial charge in [-0.05, 0) is 12.1 Å². The molecule has 16 heteroatoms. The average molecular weight is 600 g/mol. The number of aliphatic hydroxyl groups excluding tert-OH is 1. The number of nitrogen functional groups attached to an aromatic ring is 2. The van der Waals surface area contributed by atoms with Gasteiger partial charge in [-0.1, -0.05) is 5.16 Å². The predicted molar refractivity (Wildman–Crippen MR) is 151 cm³/mol. The molecule has 1 saturated heterocycles. The first-order valence-electron chi connectivity index (χ1n) is 12.3. The van der Waals surface area contributed by atoms with Crippen molar-refractivity contribution in [1.29, 1.82) is 0 Å². The largest absolute Gasteiger partial charge is 0.477 e. The van der Waals surface area contributed by atoms with E-state index in [2.05, 4.69) is 15.6 Å². The van der Waals surface area contributed by atoms with Gasteiger partial charge in [0.15, 0.2) is 24.7 Å². The van der Waals surface area contributed by atoms with Crippen LogP contribution in [-0.2, 0) is 32.3 Å². The monoisotopic (exact) mass is 599 g/mol. The van der Waals surface area contributed by atoms with Crippen molar-refractivity contribution in [2.24, 2.45) is 5.16 Å². The van der Waals surface area contributed by atoms with Gasteiger partial charge in [0.05, 0.1) is 23.7 Å². The smallest absolute Gasteiger partial charge is 0.352 e. The molecule has 214 valence electrons. The second-order valence-corrected chi connectivity index (χ2v) is 11.2. The number of hydrogen-bond donors (Lipinski definition) is 5. The molecule has 41 heavy (non-hydrogen) atoms. The fourth-order valence-corrected chi connectivity index (χ4v) is 6.62. The van der Waals surface area contributed by atoms with E-state index in [4.69, 9.17) is 16.3 Å². The van der Waals surface area contributed by atoms with Crippen LogP contribution >= 0.6 is 23.1 Å². The summed E-state index contributed by atoms with van der Waals surface area (Å²) in [6.07, 6.45) is 3.60. The van der Waals surface area contributed by atoms with Crippen LogP contribution in [0.4, 0.5) is 10.8 Å². The Balaban J connectivity index is 1.34. The second-order valence-electron chi connectivity index (χ2n) is 9.14. The van der Waals surface area contributed by atoms with Crippen molar-refractivity contribution >= 4 is 57.4 Å². The van der Waals surface area contributed by atoms with Gasteiger partial charge in [-0.25, -0.2) is 14.0 Å². The van der Waals surface area contributed by atoms with Gasteiger partial charge >= 0.3 is 5.97 Å². The number of carbonyl (C=O) groups is 3. The van der Waals surface area contributed by atoms with Crippen LogP contribution in [0.3, 0.4) is 0 Å². The maximum Gasteiger partial charge on any atom is 0.352 e. The Labute approximate surface area is 241 Å². The molecule has 0 saturated carbocycles. The minimum Gasteiger partial charge on any atom is -0.477 e. The topological polar surface area (TPSA) is 202 Å². The summed E-state index contributed by atoms with van der Waals surface area (Å²) in [6.45, 7) is 0.379. The normalized spacial score (nSPS) is 18.6. The highest BCUT2D eigenvalue weighted by Gasteiger charge is 2.54. The van der Waals surface area contributed by atoms with E-state index in [0.29, 0.717) is 33.4 Å². The quantitative estimate of drug-likeness (QED) is 0.0902. The van der Waals surface area contributed by atoms with Gasteiger partial charge in [0.1, 0.15) is 35.7 Å². The molecule has 0 spiro atoms. The zero-order chi connectivity index (χ0) is 29.3. The van der Waals surface area contributed by atoms with Crippen molar-refractivity contribution in [3.63, 3.8) is 0 Å². The van der Waals surface area contributed by atoms with Crippen LogP contribution in [-0.4, -0.2) is 79.3 Å². The number of carboxylic acid groups (broad SMARTS) is 1. The molecule has 5 heterocycles. The van der Waals surface area contributed by atoms with Crippen molar-refractivity contribution in [3.05, 3.63) is 58.9 Å². The van der Waals surface area contributed by atoms with Crippen LogP contribution in [0, 0.1) is 0 Å². The number of aliphatic hydroxyl groups is 1. The summed E-state index contributed by atoms with van der Waals surface area (Å²) in [7, 11) is 1.30. The Kier molecular flexibility index (Phi) is 7.96. The highest BCUT2D eigenvalue weighted by atomic mass is 32.2. The van der Waals surface area contributed by atoms with E-state index in [1.165, 1.54) is 39.8 Å². The SMILES string of the molecule is CO/N=C(/C(=O)NC1C(=O)N2C(C(=O)O)=C(C[n+]3cccc(-c4cc(N)n(CCO)n4)c3)CSC12)c1csc(N)c1. The van der Waals surface area contributed by atoms with Gasteiger partial charge in [-0.2, -0.15) is 5.10 Å². The number of pyridine rings is 1. The lowest BCUT2D eigenvalue weighted by atomic mass is 10.0. The molecule has 7 N–H and O–H groups in total. The third kappa shape index (κ3) is 5.48. The van der Waals surface area contributed by atoms with Crippen LogP contribution < -0.4 is 21.4 Å². The molecule has 3 aromatic rings. The van der Waals surface area contributed by atoms with Crippen LogP contribution in [0.5, 0.6) is 0 Å². The van der Waals surface area contributed by atoms with Crippen LogP contribution in [0.1, 0.15) is 5.56 Å². The van der Waals surface area contributed by atoms with Gasteiger partial charge < -0.3 is 31.8 Å². The number of aliphatic carboxylic acids is 1. The van der Waals surface area contributed by atoms with Crippen molar-refractivity contribution in [2.45, 2.75) is 24.5 Å². The first-order valence-corrected chi connectivity index (χ1v) is 14.2. The van der Waals surface area contributed by atoms with Crippen molar-refractivity contribution < 1.29 is 34.0 Å². The van der Waals surface area contributed by atoms with Crippen molar-refractivity contribution in [2.75, 3.05) is 30.9 Å². The fourth-order valence-electron chi connectivity index (χ4n) is 4.65. The van der Waals surface area contributed by atoms with E-state index < -0.39 is 29.2 Å². The highest BCUT2D eigenvalue weighted by Crippen LogP contribution is 2.40. The number of nitrogens with one attached hydrogen (secondary N) is 1. The number of thiophene rings is 1. The molecule has 2 amide bonds. The van der Waals surface area contributed by atoms with E-state index in [9.17, 15) is 24.6 Å². The molecular weight excluding hydrogens is 572 g/mol. The van der Waals surface area contributed by atoms with Gasteiger partial charge in [0.2, 0.25) is 0 Å². The molecule has 3 aromatic heterocycles. The minimum atomic E-state index is -1.23. The Morgan fingerprint density at radius 1 is 1.34 bits per heavy atom. The number of amides is 2. The molecule has 2 aliphatic heterocycles. The molecule has 2 unspecified atom stereocenters. The molecule has 2 atom stereocenters. The summed E-state index contributed by atoms with van der Waals surface area (Å²) in [6, 6.07) is 5.99. The predicted octanol–water partition coefficient (Wildman–Crippen LogP) is -0.155. The lowest BCUT2D eigenvalue weighted by Crippen LogP contribution is -2.71.